The number of hydrogen-bond acceptors (Lipinski definition) is 4. The van der Waals surface area contributed by atoms with E-state index in [9.17, 15) is 5.26 Å². The van der Waals surface area contributed by atoms with E-state index in [1.165, 1.54) is 32.2 Å². The molecule has 0 bridgehead atoms. The lowest BCUT2D eigenvalue weighted by atomic mass is 10.0. The molecule has 2 aliphatic rings. The van der Waals surface area contributed by atoms with E-state index in [0.29, 0.717) is 5.56 Å². The third kappa shape index (κ3) is 2.51. The first-order chi connectivity index (χ1) is 9.79. The molecular formula is C16H22N4. The Kier molecular flexibility index (Phi) is 3.88. The summed E-state index contributed by atoms with van der Waals surface area (Å²) < 4.78 is 0. The predicted molar refractivity (Wildman–Crippen MR) is 79.6 cm³/mol. The van der Waals surface area contributed by atoms with Gasteiger partial charge in [0.2, 0.25) is 0 Å². The topological polar surface area (TPSA) is 43.2 Å². The predicted octanol–water partition coefficient (Wildman–Crippen LogP) is 2.41. The Hall–Kier alpha value is -1.60. The van der Waals surface area contributed by atoms with Crippen molar-refractivity contribution < 1.29 is 0 Å². The second-order valence-corrected chi connectivity index (χ2v) is 5.93. The second kappa shape index (κ2) is 5.80. The number of pyridine rings is 1. The Morgan fingerprint density at radius 3 is 2.70 bits per heavy atom. The van der Waals surface area contributed by atoms with Crippen molar-refractivity contribution in [1.29, 1.82) is 5.26 Å². The molecule has 0 radical (unpaired) electrons. The normalized spacial score (nSPS) is 24.8. The molecule has 0 N–H and O–H groups in total. The summed E-state index contributed by atoms with van der Waals surface area (Å²) in [6.07, 6.45) is 6.85. The molecule has 20 heavy (non-hydrogen) atoms. The fourth-order valence-corrected chi connectivity index (χ4v) is 3.64. The van der Waals surface area contributed by atoms with Crippen LogP contribution in [-0.2, 0) is 0 Å². The Balaban J connectivity index is 1.65. The van der Waals surface area contributed by atoms with Crippen molar-refractivity contribution in [2.24, 2.45) is 0 Å². The van der Waals surface area contributed by atoms with Crippen LogP contribution < -0.4 is 4.90 Å². The van der Waals surface area contributed by atoms with Crippen LogP contribution in [-0.4, -0.2) is 41.6 Å². The van der Waals surface area contributed by atoms with Crippen molar-refractivity contribution in [3.8, 4) is 6.07 Å². The number of rotatable bonds is 2. The van der Waals surface area contributed by atoms with Gasteiger partial charge in [-0.2, -0.15) is 5.26 Å². The summed E-state index contributed by atoms with van der Waals surface area (Å²) in [7, 11) is 0. The van der Waals surface area contributed by atoms with Gasteiger partial charge in [-0.05, 0) is 51.3 Å². The highest BCUT2D eigenvalue weighted by Gasteiger charge is 2.31. The van der Waals surface area contributed by atoms with Crippen LogP contribution in [0.25, 0.3) is 0 Å². The zero-order valence-corrected chi connectivity index (χ0v) is 12.1. The Morgan fingerprint density at radius 1 is 1.25 bits per heavy atom. The van der Waals surface area contributed by atoms with Gasteiger partial charge in [0.1, 0.15) is 11.9 Å². The molecule has 1 unspecified atom stereocenters. The molecule has 0 aromatic carbocycles. The van der Waals surface area contributed by atoms with Gasteiger partial charge in [-0.25, -0.2) is 4.98 Å². The third-order valence-corrected chi connectivity index (χ3v) is 4.74. The van der Waals surface area contributed by atoms with E-state index in [1.54, 1.807) is 6.20 Å². The van der Waals surface area contributed by atoms with Gasteiger partial charge in [0.05, 0.1) is 5.56 Å². The molecule has 0 amide bonds. The lowest BCUT2D eigenvalue weighted by Crippen LogP contribution is -2.46. The average molecular weight is 270 g/mol. The summed E-state index contributed by atoms with van der Waals surface area (Å²) in [5, 5.41) is 9.18. The van der Waals surface area contributed by atoms with Gasteiger partial charge in [-0.15, -0.1) is 0 Å². The van der Waals surface area contributed by atoms with Crippen molar-refractivity contribution in [3.63, 3.8) is 0 Å². The number of anilines is 1. The maximum Gasteiger partial charge on any atom is 0.146 e. The molecule has 0 saturated carbocycles. The van der Waals surface area contributed by atoms with Gasteiger partial charge in [0.25, 0.3) is 0 Å². The highest BCUT2D eigenvalue weighted by Crippen LogP contribution is 2.28. The minimum atomic E-state index is 0.695. The summed E-state index contributed by atoms with van der Waals surface area (Å²) >= 11 is 0. The summed E-state index contributed by atoms with van der Waals surface area (Å²) in [5.74, 6) is 0.864. The number of nitriles is 1. The molecule has 2 saturated heterocycles. The SMILES string of the molecule is CC1CCCN1C1CCN(c2ncccc2C#N)CC1. The van der Waals surface area contributed by atoms with E-state index in [1.807, 2.05) is 12.1 Å². The first-order valence-corrected chi connectivity index (χ1v) is 7.65. The van der Waals surface area contributed by atoms with Crippen LogP contribution in [0.15, 0.2) is 18.3 Å². The summed E-state index contributed by atoms with van der Waals surface area (Å²) in [6.45, 7) is 5.64. The molecule has 1 aromatic rings. The maximum absolute atomic E-state index is 9.18. The Bertz CT molecular complexity index is 499. The second-order valence-electron chi connectivity index (χ2n) is 5.93. The molecule has 106 valence electrons. The van der Waals surface area contributed by atoms with Gasteiger partial charge in [0, 0.05) is 31.4 Å². The first kappa shape index (κ1) is 13.4. The van der Waals surface area contributed by atoms with E-state index < -0.39 is 0 Å². The highest BCUT2D eigenvalue weighted by molar-refractivity contribution is 5.53. The quantitative estimate of drug-likeness (QED) is 0.827. The van der Waals surface area contributed by atoms with Gasteiger partial charge in [0.15, 0.2) is 0 Å². The van der Waals surface area contributed by atoms with Crippen LogP contribution in [0.1, 0.15) is 38.2 Å². The lowest BCUT2D eigenvalue weighted by Gasteiger charge is -2.39. The molecule has 1 aromatic heterocycles. The number of piperidine rings is 1. The number of nitrogens with zero attached hydrogens (tertiary/aromatic N) is 4. The van der Waals surface area contributed by atoms with Crippen molar-refractivity contribution in [3.05, 3.63) is 23.9 Å². The van der Waals surface area contributed by atoms with Gasteiger partial charge >= 0.3 is 0 Å². The number of aromatic nitrogens is 1. The van der Waals surface area contributed by atoms with E-state index in [0.717, 1.165) is 31.0 Å². The monoisotopic (exact) mass is 270 g/mol. The highest BCUT2D eigenvalue weighted by atomic mass is 15.2. The molecule has 3 rings (SSSR count). The average Bonchev–Trinajstić information content (AvgIpc) is 2.93. The maximum atomic E-state index is 9.18. The zero-order valence-electron chi connectivity index (χ0n) is 12.1. The minimum Gasteiger partial charge on any atom is -0.355 e. The summed E-state index contributed by atoms with van der Waals surface area (Å²) in [4.78, 5) is 9.36. The van der Waals surface area contributed by atoms with Crippen LogP contribution >= 0.6 is 0 Å². The molecular weight excluding hydrogens is 248 g/mol. The molecule has 0 spiro atoms. The summed E-state index contributed by atoms with van der Waals surface area (Å²) in [6, 6.07) is 7.41. The van der Waals surface area contributed by atoms with Crippen LogP contribution in [0.2, 0.25) is 0 Å². The molecule has 0 aliphatic carbocycles. The fraction of sp³-hybridized carbons (Fsp3) is 0.625. The third-order valence-electron chi connectivity index (χ3n) is 4.74. The molecule has 4 nitrogen and oxygen atoms in total. The van der Waals surface area contributed by atoms with Gasteiger partial charge < -0.3 is 4.90 Å². The van der Waals surface area contributed by atoms with E-state index in [2.05, 4.69) is 27.8 Å². The van der Waals surface area contributed by atoms with E-state index >= 15 is 0 Å². The van der Waals surface area contributed by atoms with Crippen LogP contribution in [0, 0.1) is 11.3 Å². The van der Waals surface area contributed by atoms with Crippen LogP contribution in [0.5, 0.6) is 0 Å². The number of likely N-dealkylation sites (tertiary alicyclic amines) is 1. The number of hydrogen-bond donors (Lipinski definition) is 0. The van der Waals surface area contributed by atoms with Gasteiger partial charge in [-0.1, -0.05) is 0 Å². The first-order valence-electron chi connectivity index (χ1n) is 7.65. The smallest absolute Gasteiger partial charge is 0.146 e. The van der Waals surface area contributed by atoms with Gasteiger partial charge in [-0.3, -0.25) is 4.90 Å². The van der Waals surface area contributed by atoms with Crippen molar-refractivity contribution in [2.45, 2.75) is 44.7 Å². The molecule has 2 fully saturated rings. The zero-order chi connectivity index (χ0) is 13.9. The minimum absolute atomic E-state index is 0.695. The molecule has 1 atom stereocenters. The van der Waals surface area contributed by atoms with E-state index in [4.69, 9.17) is 0 Å². The van der Waals surface area contributed by atoms with Crippen molar-refractivity contribution in [2.75, 3.05) is 24.5 Å². The van der Waals surface area contributed by atoms with Crippen LogP contribution in [0.4, 0.5) is 5.82 Å². The van der Waals surface area contributed by atoms with Crippen molar-refractivity contribution in [1.82, 2.24) is 9.88 Å². The summed E-state index contributed by atoms with van der Waals surface area (Å²) in [5.41, 5.74) is 0.695. The molecule has 4 heteroatoms. The van der Waals surface area contributed by atoms with Crippen molar-refractivity contribution >= 4 is 5.82 Å². The largest absolute Gasteiger partial charge is 0.355 e. The van der Waals surface area contributed by atoms with E-state index in [-0.39, 0.29) is 0 Å². The molecule has 3 heterocycles. The van der Waals surface area contributed by atoms with Crippen LogP contribution in [0.3, 0.4) is 0 Å². The fourth-order valence-electron chi connectivity index (χ4n) is 3.64. The Labute approximate surface area is 121 Å². The standard InChI is InChI=1S/C16H22N4/c1-13-4-3-9-20(13)15-6-10-19(11-7-15)16-14(12-17)5-2-8-18-16/h2,5,8,13,15H,3-4,6-7,9-11H2,1H3. The Morgan fingerprint density at radius 2 is 2.05 bits per heavy atom. The molecule has 2 aliphatic heterocycles. The lowest BCUT2D eigenvalue weighted by molar-refractivity contribution is 0.163.